The van der Waals surface area contributed by atoms with E-state index in [1.165, 1.54) is 58.0 Å². The number of piperidine rings is 1. The SMILES string of the molecule is NC(CN1CC2CCC1C2)C1CCCC1. The van der Waals surface area contributed by atoms with Crippen molar-refractivity contribution in [2.45, 2.75) is 57.0 Å². The number of rotatable bonds is 3. The van der Waals surface area contributed by atoms with Crippen LogP contribution < -0.4 is 5.73 Å². The van der Waals surface area contributed by atoms with E-state index >= 15 is 0 Å². The molecule has 1 aliphatic heterocycles. The maximum Gasteiger partial charge on any atom is 0.0196 e. The first-order chi connectivity index (χ1) is 7.33. The fraction of sp³-hybridized carbons (Fsp3) is 1.00. The van der Waals surface area contributed by atoms with Gasteiger partial charge in [0.2, 0.25) is 0 Å². The van der Waals surface area contributed by atoms with Crippen LogP contribution in [0.5, 0.6) is 0 Å². The zero-order valence-corrected chi connectivity index (χ0v) is 9.70. The topological polar surface area (TPSA) is 29.3 Å². The molecule has 2 nitrogen and oxygen atoms in total. The van der Waals surface area contributed by atoms with Crippen molar-refractivity contribution in [2.24, 2.45) is 17.6 Å². The van der Waals surface area contributed by atoms with E-state index in [-0.39, 0.29) is 0 Å². The molecule has 0 radical (unpaired) electrons. The highest BCUT2D eigenvalue weighted by atomic mass is 15.2. The van der Waals surface area contributed by atoms with Crippen LogP contribution in [0.1, 0.15) is 44.9 Å². The summed E-state index contributed by atoms with van der Waals surface area (Å²) in [6, 6.07) is 1.37. The Morgan fingerprint density at radius 2 is 1.93 bits per heavy atom. The molecule has 0 spiro atoms. The van der Waals surface area contributed by atoms with Gasteiger partial charge in [-0.2, -0.15) is 0 Å². The molecule has 3 atom stereocenters. The summed E-state index contributed by atoms with van der Waals surface area (Å²) >= 11 is 0. The fourth-order valence-electron chi connectivity index (χ4n) is 4.06. The predicted molar refractivity (Wildman–Crippen MR) is 62.6 cm³/mol. The van der Waals surface area contributed by atoms with Gasteiger partial charge in [0.05, 0.1) is 0 Å². The van der Waals surface area contributed by atoms with Gasteiger partial charge in [0, 0.05) is 25.2 Å². The summed E-state index contributed by atoms with van der Waals surface area (Å²) < 4.78 is 0. The maximum atomic E-state index is 6.35. The van der Waals surface area contributed by atoms with Crippen LogP contribution in [-0.2, 0) is 0 Å². The van der Waals surface area contributed by atoms with Gasteiger partial charge in [-0.1, -0.05) is 12.8 Å². The van der Waals surface area contributed by atoms with Crippen LogP contribution in [0.25, 0.3) is 0 Å². The van der Waals surface area contributed by atoms with Crippen molar-refractivity contribution in [3.05, 3.63) is 0 Å². The molecular formula is C13H24N2. The van der Waals surface area contributed by atoms with Gasteiger partial charge in [0.1, 0.15) is 0 Å². The van der Waals surface area contributed by atoms with Crippen molar-refractivity contribution in [3.63, 3.8) is 0 Å². The average Bonchev–Trinajstić information content (AvgIpc) is 2.95. The minimum atomic E-state index is 0.465. The summed E-state index contributed by atoms with van der Waals surface area (Å²) in [6.07, 6.45) is 10.0. The highest BCUT2D eigenvalue weighted by Crippen LogP contribution is 2.38. The van der Waals surface area contributed by atoms with Crippen molar-refractivity contribution in [1.29, 1.82) is 0 Å². The van der Waals surface area contributed by atoms with Gasteiger partial charge >= 0.3 is 0 Å². The summed E-state index contributed by atoms with van der Waals surface area (Å²) in [7, 11) is 0. The lowest BCUT2D eigenvalue weighted by Gasteiger charge is -2.31. The summed E-state index contributed by atoms with van der Waals surface area (Å²) in [5.74, 6) is 1.86. The number of hydrogen-bond acceptors (Lipinski definition) is 2. The average molecular weight is 208 g/mol. The van der Waals surface area contributed by atoms with E-state index < -0.39 is 0 Å². The van der Waals surface area contributed by atoms with Crippen LogP contribution in [-0.4, -0.2) is 30.1 Å². The molecule has 3 unspecified atom stereocenters. The van der Waals surface area contributed by atoms with Crippen molar-refractivity contribution in [1.82, 2.24) is 4.90 Å². The smallest absolute Gasteiger partial charge is 0.0196 e. The van der Waals surface area contributed by atoms with Crippen LogP contribution in [0, 0.1) is 11.8 Å². The molecule has 3 rings (SSSR count). The van der Waals surface area contributed by atoms with Crippen LogP contribution >= 0.6 is 0 Å². The summed E-state index contributed by atoms with van der Waals surface area (Å²) in [6.45, 7) is 2.54. The minimum absolute atomic E-state index is 0.465. The number of hydrogen-bond donors (Lipinski definition) is 1. The van der Waals surface area contributed by atoms with Gasteiger partial charge in [-0.05, 0) is 43.9 Å². The Kier molecular flexibility index (Phi) is 2.73. The number of nitrogens with two attached hydrogens (primary N) is 1. The summed E-state index contributed by atoms with van der Waals surface area (Å²) in [5.41, 5.74) is 6.35. The standard InChI is InChI=1S/C13H24N2/c14-13(11-3-1-2-4-11)9-15-8-10-5-6-12(15)7-10/h10-13H,1-9,14H2. The zero-order chi connectivity index (χ0) is 10.3. The van der Waals surface area contributed by atoms with Crippen molar-refractivity contribution < 1.29 is 0 Å². The van der Waals surface area contributed by atoms with E-state index in [1.807, 2.05) is 0 Å². The van der Waals surface area contributed by atoms with Crippen molar-refractivity contribution in [2.75, 3.05) is 13.1 Å². The van der Waals surface area contributed by atoms with Crippen LogP contribution in [0.2, 0.25) is 0 Å². The second-order valence-corrected chi connectivity index (χ2v) is 6.00. The summed E-state index contributed by atoms with van der Waals surface area (Å²) in [5, 5.41) is 0. The Labute approximate surface area is 93.2 Å². The molecule has 1 heterocycles. The van der Waals surface area contributed by atoms with Gasteiger partial charge in [0.25, 0.3) is 0 Å². The lowest BCUT2D eigenvalue weighted by Crippen LogP contribution is -2.44. The Morgan fingerprint density at radius 1 is 1.13 bits per heavy atom. The Hall–Kier alpha value is -0.0800. The highest BCUT2D eigenvalue weighted by Gasteiger charge is 2.38. The molecule has 0 aromatic carbocycles. The molecule has 2 aliphatic carbocycles. The zero-order valence-electron chi connectivity index (χ0n) is 9.70. The van der Waals surface area contributed by atoms with E-state index in [1.54, 1.807) is 0 Å². The molecule has 2 saturated carbocycles. The quantitative estimate of drug-likeness (QED) is 0.768. The Balaban J connectivity index is 1.52. The molecule has 0 amide bonds. The number of nitrogens with zero attached hydrogens (tertiary/aromatic N) is 1. The van der Waals surface area contributed by atoms with E-state index in [4.69, 9.17) is 5.73 Å². The summed E-state index contributed by atoms with van der Waals surface area (Å²) in [4.78, 5) is 2.69. The number of fused-ring (bicyclic) bond motifs is 2. The maximum absolute atomic E-state index is 6.35. The molecule has 2 bridgehead atoms. The molecule has 2 heteroatoms. The second-order valence-electron chi connectivity index (χ2n) is 6.00. The molecule has 2 N–H and O–H groups in total. The first-order valence-corrected chi connectivity index (χ1v) is 6.82. The molecule has 15 heavy (non-hydrogen) atoms. The number of likely N-dealkylation sites (tertiary alicyclic amines) is 1. The monoisotopic (exact) mass is 208 g/mol. The molecule has 86 valence electrons. The molecule has 0 aromatic rings. The Bertz CT molecular complexity index is 223. The third kappa shape index (κ3) is 1.94. The van der Waals surface area contributed by atoms with Gasteiger partial charge in [-0.15, -0.1) is 0 Å². The first kappa shape index (κ1) is 10.1. The van der Waals surface area contributed by atoms with E-state index in [0.29, 0.717) is 6.04 Å². The van der Waals surface area contributed by atoms with E-state index in [9.17, 15) is 0 Å². The molecular weight excluding hydrogens is 184 g/mol. The molecule has 3 aliphatic rings. The molecule has 1 saturated heterocycles. The second kappa shape index (κ2) is 4.06. The van der Waals surface area contributed by atoms with Gasteiger partial charge in [-0.3, -0.25) is 4.90 Å². The largest absolute Gasteiger partial charge is 0.326 e. The van der Waals surface area contributed by atoms with Crippen molar-refractivity contribution >= 4 is 0 Å². The third-order valence-corrected chi connectivity index (χ3v) is 4.97. The Morgan fingerprint density at radius 3 is 2.53 bits per heavy atom. The normalized spacial score (nSPS) is 39.0. The van der Waals surface area contributed by atoms with E-state index in [2.05, 4.69) is 4.90 Å². The fourth-order valence-corrected chi connectivity index (χ4v) is 4.06. The lowest BCUT2D eigenvalue weighted by atomic mass is 9.98. The van der Waals surface area contributed by atoms with Crippen LogP contribution in [0.3, 0.4) is 0 Å². The highest BCUT2D eigenvalue weighted by molar-refractivity contribution is 4.94. The lowest BCUT2D eigenvalue weighted by molar-refractivity contribution is 0.184. The van der Waals surface area contributed by atoms with Crippen LogP contribution in [0.15, 0.2) is 0 Å². The van der Waals surface area contributed by atoms with Crippen molar-refractivity contribution in [3.8, 4) is 0 Å². The predicted octanol–water partition coefficient (Wildman–Crippen LogP) is 1.99. The first-order valence-electron chi connectivity index (χ1n) is 6.82. The van der Waals surface area contributed by atoms with Gasteiger partial charge in [-0.25, -0.2) is 0 Å². The van der Waals surface area contributed by atoms with Gasteiger partial charge < -0.3 is 5.73 Å². The molecule has 3 fully saturated rings. The molecule has 0 aromatic heterocycles. The van der Waals surface area contributed by atoms with E-state index in [0.717, 1.165) is 17.9 Å². The third-order valence-electron chi connectivity index (χ3n) is 4.97. The minimum Gasteiger partial charge on any atom is -0.326 e. The van der Waals surface area contributed by atoms with Gasteiger partial charge in [0.15, 0.2) is 0 Å². The van der Waals surface area contributed by atoms with Crippen LogP contribution in [0.4, 0.5) is 0 Å².